The van der Waals surface area contributed by atoms with Gasteiger partial charge in [-0.05, 0) is 30.3 Å². The van der Waals surface area contributed by atoms with E-state index in [-0.39, 0.29) is 22.4 Å². The Labute approximate surface area is 163 Å². The molecule has 28 heavy (non-hydrogen) atoms. The summed E-state index contributed by atoms with van der Waals surface area (Å²) in [5.74, 6) is -1.34. The molecule has 0 aliphatic rings. The Kier molecular flexibility index (Phi) is 5.41. The molecule has 1 N–H and O–H groups in total. The van der Waals surface area contributed by atoms with Gasteiger partial charge in [-0.2, -0.15) is 13.2 Å². The molecule has 2 aromatic carbocycles. The van der Waals surface area contributed by atoms with Crippen LogP contribution in [0.4, 0.5) is 23.2 Å². The number of carbonyl (C=O) groups excluding carboxylic acids is 1. The zero-order valence-corrected chi connectivity index (χ0v) is 15.4. The second-order valence-corrected chi connectivity index (χ2v) is 6.51. The van der Waals surface area contributed by atoms with Gasteiger partial charge in [-0.15, -0.1) is 0 Å². The van der Waals surface area contributed by atoms with Crippen molar-refractivity contribution in [3.63, 3.8) is 0 Å². The Morgan fingerprint density at radius 1 is 1.14 bits per heavy atom. The van der Waals surface area contributed by atoms with E-state index in [2.05, 4.69) is 21.2 Å². The van der Waals surface area contributed by atoms with Gasteiger partial charge in [0, 0.05) is 22.0 Å². The van der Waals surface area contributed by atoms with Crippen LogP contribution in [0, 0.1) is 5.82 Å². The molecular formula is C18H10BrF4NO4. The Balaban J connectivity index is 1.76. The maximum absolute atomic E-state index is 13.7. The normalized spacial score (nSPS) is 11.5. The van der Waals surface area contributed by atoms with E-state index in [1.807, 2.05) is 0 Å². The lowest BCUT2D eigenvalue weighted by Crippen LogP contribution is -2.20. The van der Waals surface area contributed by atoms with Gasteiger partial charge in [-0.25, -0.2) is 9.18 Å². The van der Waals surface area contributed by atoms with Crippen LogP contribution in [0.5, 0.6) is 5.75 Å². The fraction of sp³-hybridized carbons (Fsp3) is 0.111. The summed E-state index contributed by atoms with van der Waals surface area (Å²) in [5.41, 5.74) is -2.69. The van der Waals surface area contributed by atoms with Crippen molar-refractivity contribution >= 4 is 38.5 Å². The number of hydrogen-bond donors (Lipinski definition) is 1. The minimum absolute atomic E-state index is 0.00130. The lowest BCUT2D eigenvalue weighted by molar-refractivity contribution is -0.136. The molecule has 10 heteroatoms. The van der Waals surface area contributed by atoms with Crippen LogP contribution in [-0.4, -0.2) is 12.5 Å². The molecule has 0 fully saturated rings. The van der Waals surface area contributed by atoms with Crippen molar-refractivity contribution in [2.45, 2.75) is 6.18 Å². The van der Waals surface area contributed by atoms with Crippen LogP contribution in [0.1, 0.15) is 5.56 Å². The average Bonchev–Trinajstić information content (AvgIpc) is 2.60. The van der Waals surface area contributed by atoms with E-state index in [0.29, 0.717) is 10.5 Å². The Bertz CT molecular complexity index is 1110. The highest BCUT2D eigenvalue weighted by atomic mass is 79.9. The van der Waals surface area contributed by atoms with Crippen molar-refractivity contribution < 1.29 is 31.5 Å². The Hall–Kier alpha value is -2.88. The number of alkyl halides is 3. The molecule has 0 radical (unpaired) electrons. The number of carbonyl (C=O) groups is 1. The van der Waals surface area contributed by atoms with Gasteiger partial charge in [0.25, 0.3) is 5.91 Å². The Morgan fingerprint density at radius 3 is 2.57 bits per heavy atom. The molecule has 1 heterocycles. The van der Waals surface area contributed by atoms with E-state index >= 15 is 0 Å². The fourth-order valence-corrected chi connectivity index (χ4v) is 2.73. The van der Waals surface area contributed by atoms with E-state index in [1.54, 1.807) is 0 Å². The summed E-state index contributed by atoms with van der Waals surface area (Å²) in [6.45, 7) is -0.537. The third-order valence-electron chi connectivity index (χ3n) is 3.60. The third kappa shape index (κ3) is 4.50. The molecule has 0 saturated carbocycles. The average molecular weight is 460 g/mol. The molecule has 3 aromatic rings. The van der Waals surface area contributed by atoms with Crippen molar-refractivity contribution in [2.75, 3.05) is 11.9 Å². The van der Waals surface area contributed by atoms with E-state index in [1.165, 1.54) is 24.3 Å². The summed E-state index contributed by atoms with van der Waals surface area (Å²) in [6.07, 6.45) is -4.73. The fourth-order valence-electron chi connectivity index (χ4n) is 2.39. The van der Waals surface area contributed by atoms with Crippen LogP contribution in [0.25, 0.3) is 11.0 Å². The largest absolute Gasteiger partial charge is 0.484 e. The van der Waals surface area contributed by atoms with Crippen LogP contribution in [-0.2, 0) is 11.0 Å². The molecule has 3 rings (SSSR count). The number of nitrogens with one attached hydrogen (secondary N) is 1. The van der Waals surface area contributed by atoms with Crippen molar-refractivity contribution in [1.82, 2.24) is 0 Å². The van der Waals surface area contributed by atoms with Gasteiger partial charge < -0.3 is 14.5 Å². The number of halogens is 5. The summed E-state index contributed by atoms with van der Waals surface area (Å²) >= 11 is 3.09. The van der Waals surface area contributed by atoms with Crippen molar-refractivity contribution in [1.29, 1.82) is 0 Å². The van der Waals surface area contributed by atoms with Crippen molar-refractivity contribution in [3.8, 4) is 5.75 Å². The molecule has 0 spiro atoms. The summed E-state index contributed by atoms with van der Waals surface area (Å²) in [4.78, 5) is 23.3. The van der Waals surface area contributed by atoms with Crippen LogP contribution >= 0.6 is 15.9 Å². The predicted octanol–water partition coefficient (Wildman–Crippen LogP) is 4.73. The van der Waals surface area contributed by atoms with Gasteiger partial charge in [0.05, 0.1) is 11.3 Å². The standard InChI is InChI=1S/C18H10BrF4NO4/c19-9-1-4-14(13(20)5-9)24-16(25)8-27-10-2-3-11-12(18(21,22)23)7-17(26)28-15(11)6-10/h1-7H,8H2,(H,24,25). The van der Waals surface area contributed by atoms with Crippen molar-refractivity contribution in [3.05, 3.63) is 68.7 Å². The van der Waals surface area contributed by atoms with Crippen LogP contribution in [0.2, 0.25) is 0 Å². The zero-order chi connectivity index (χ0) is 20.5. The maximum atomic E-state index is 13.7. The highest BCUT2D eigenvalue weighted by molar-refractivity contribution is 9.10. The van der Waals surface area contributed by atoms with Crippen LogP contribution < -0.4 is 15.7 Å². The number of ether oxygens (including phenoxy) is 1. The van der Waals surface area contributed by atoms with Gasteiger partial charge in [-0.1, -0.05) is 15.9 Å². The second kappa shape index (κ2) is 7.63. The number of hydrogen-bond acceptors (Lipinski definition) is 4. The predicted molar refractivity (Wildman–Crippen MR) is 95.7 cm³/mol. The lowest BCUT2D eigenvalue weighted by Gasteiger charge is -2.11. The van der Waals surface area contributed by atoms with Gasteiger partial charge in [-0.3, -0.25) is 4.79 Å². The maximum Gasteiger partial charge on any atom is 0.417 e. The molecule has 0 saturated heterocycles. The number of amides is 1. The topological polar surface area (TPSA) is 68.5 Å². The number of benzene rings is 2. The SMILES string of the molecule is O=C(COc1ccc2c(C(F)(F)F)cc(=O)oc2c1)Nc1ccc(Br)cc1F. The lowest BCUT2D eigenvalue weighted by atomic mass is 10.1. The number of anilines is 1. The highest BCUT2D eigenvalue weighted by Gasteiger charge is 2.33. The first-order valence-electron chi connectivity index (χ1n) is 7.66. The van der Waals surface area contributed by atoms with Crippen molar-refractivity contribution in [2.24, 2.45) is 0 Å². The molecule has 5 nitrogen and oxygen atoms in total. The molecule has 1 amide bonds. The molecule has 0 aliphatic carbocycles. The third-order valence-corrected chi connectivity index (χ3v) is 4.09. The molecular weight excluding hydrogens is 450 g/mol. The van der Waals surface area contributed by atoms with E-state index < -0.39 is 35.7 Å². The molecule has 0 unspecified atom stereocenters. The first-order valence-corrected chi connectivity index (χ1v) is 8.45. The summed E-state index contributed by atoms with van der Waals surface area (Å²) in [5, 5.41) is 1.98. The van der Waals surface area contributed by atoms with Crippen LogP contribution in [0.3, 0.4) is 0 Å². The molecule has 0 bridgehead atoms. The first kappa shape index (κ1) is 19.9. The second-order valence-electron chi connectivity index (χ2n) is 5.60. The molecule has 1 aromatic heterocycles. The van der Waals surface area contributed by atoms with Gasteiger partial charge >= 0.3 is 11.8 Å². The Morgan fingerprint density at radius 2 is 1.89 bits per heavy atom. The summed E-state index contributed by atoms with van der Waals surface area (Å²) in [7, 11) is 0. The number of rotatable bonds is 4. The first-order chi connectivity index (χ1) is 13.1. The quantitative estimate of drug-likeness (QED) is 0.452. The van der Waals surface area contributed by atoms with E-state index in [0.717, 1.165) is 12.1 Å². The summed E-state index contributed by atoms with van der Waals surface area (Å²) < 4.78 is 63.2. The van der Waals surface area contributed by atoms with Gasteiger partial charge in [0.15, 0.2) is 6.61 Å². The minimum atomic E-state index is -4.73. The van der Waals surface area contributed by atoms with E-state index in [9.17, 15) is 27.2 Å². The minimum Gasteiger partial charge on any atom is -0.484 e. The van der Waals surface area contributed by atoms with Gasteiger partial charge in [0.1, 0.15) is 17.1 Å². The number of fused-ring (bicyclic) bond motifs is 1. The van der Waals surface area contributed by atoms with Crippen LogP contribution in [0.15, 0.2) is 56.1 Å². The summed E-state index contributed by atoms with van der Waals surface area (Å²) in [6, 6.07) is 7.75. The van der Waals surface area contributed by atoms with Gasteiger partial charge in [0.2, 0.25) is 0 Å². The molecule has 0 aliphatic heterocycles. The monoisotopic (exact) mass is 459 g/mol. The van der Waals surface area contributed by atoms with E-state index in [4.69, 9.17) is 9.15 Å². The smallest absolute Gasteiger partial charge is 0.417 e. The molecule has 146 valence electrons. The zero-order valence-electron chi connectivity index (χ0n) is 13.8. The highest BCUT2D eigenvalue weighted by Crippen LogP contribution is 2.34. The molecule has 0 atom stereocenters.